The summed E-state index contributed by atoms with van der Waals surface area (Å²) in [4.78, 5) is 28.5. The lowest BCUT2D eigenvalue weighted by atomic mass is 10.0. The quantitative estimate of drug-likeness (QED) is 0.178. The van der Waals surface area contributed by atoms with Gasteiger partial charge in [0.2, 0.25) is 11.8 Å². The van der Waals surface area contributed by atoms with Crippen molar-refractivity contribution in [3.05, 3.63) is 129 Å². The SMILES string of the molecule is CNC(=O)[C@H](Cc1ccccc1)N(Cc1ccc(Cl)cc1Cl)C(=O)CN(c1cc(C(F)(F)F)ccc1Cl)S(=O)(=O)c1ccccc1. The molecule has 0 unspecified atom stereocenters. The first-order chi connectivity index (χ1) is 21.7. The Hall–Kier alpha value is -3.77. The van der Waals surface area contributed by atoms with Gasteiger partial charge < -0.3 is 10.2 Å². The van der Waals surface area contributed by atoms with Crippen LogP contribution >= 0.6 is 34.8 Å². The van der Waals surface area contributed by atoms with Crippen LogP contribution in [0.3, 0.4) is 0 Å². The molecule has 4 aromatic rings. The number of likely N-dealkylation sites (N-methyl/N-ethyl adjacent to an activating group) is 1. The summed E-state index contributed by atoms with van der Waals surface area (Å²) < 4.78 is 69.8. The van der Waals surface area contributed by atoms with E-state index in [9.17, 15) is 31.2 Å². The van der Waals surface area contributed by atoms with Gasteiger partial charge in [-0.1, -0.05) is 89.4 Å². The van der Waals surface area contributed by atoms with Gasteiger partial charge in [-0.25, -0.2) is 8.42 Å². The fourth-order valence-corrected chi connectivity index (χ4v) is 6.85. The van der Waals surface area contributed by atoms with E-state index >= 15 is 0 Å². The number of carbonyl (C=O) groups is 2. The van der Waals surface area contributed by atoms with Crippen LogP contribution in [0.4, 0.5) is 18.9 Å². The predicted molar refractivity (Wildman–Crippen MR) is 172 cm³/mol. The van der Waals surface area contributed by atoms with Gasteiger partial charge in [-0.2, -0.15) is 13.2 Å². The summed E-state index contributed by atoms with van der Waals surface area (Å²) in [6, 6.07) is 21.2. The zero-order valence-corrected chi connectivity index (χ0v) is 27.2. The average Bonchev–Trinajstić information content (AvgIpc) is 3.02. The van der Waals surface area contributed by atoms with Crippen LogP contribution in [-0.2, 0) is 38.8 Å². The second-order valence-electron chi connectivity index (χ2n) is 10.1. The third-order valence-electron chi connectivity index (χ3n) is 7.03. The van der Waals surface area contributed by atoms with Crippen molar-refractivity contribution >= 4 is 62.3 Å². The average molecular weight is 713 g/mol. The molecule has 7 nitrogen and oxygen atoms in total. The molecule has 0 spiro atoms. The zero-order valence-electron chi connectivity index (χ0n) is 24.1. The van der Waals surface area contributed by atoms with Crippen LogP contribution in [0.15, 0.2) is 102 Å². The monoisotopic (exact) mass is 711 g/mol. The van der Waals surface area contributed by atoms with Gasteiger partial charge in [-0.15, -0.1) is 0 Å². The summed E-state index contributed by atoms with van der Waals surface area (Å²) in [5.74, 6) is -1.49. The Kier molecular flexibility index (Phi) is 11.3. The molecule has 4 aromatic carbocycles. The van der Waals surface area contributed by atoms with Crippen molar-refractivity contribution in [3.8, 4) is 0 Å². The van der Waals surface area contributed by atoms with Crippen molar-refractivity contribution in [2.45, 2.75) is 30.1 Å². The van der Waals surface area contributed by atoms with Crippen LogP contribution in [0, 0.1) is 0 Å². The van der Waals surface area contributed by atoms with Crippen LogP contribution in [-0.4, -0.2) is 44.8 Å². The molecule has 0 aliphatic heterocycles. The van der Waals surface area contributed by atoms with Gasteiger partial charge in [-0.05, 0) is 53.6 Å². The number of carbonyl (C=O) groups excluding carboxylic acids is 2. The lowest BCUT2D eigenvalue weighted by Crippen LogP contribution is -2.53. The van der Waals surface area contributed by atoms with Crippen LogP contribution in [0.25, 0.3) is 0 Å². The lowest BCUT2D eigenvalue weighted by Gasteiger charge is -2.34. The molecule has 0 radical (unpaired) electrons. The topological polar surface area (TPSA) is 86.8 Å². The number of anilines is 1. The molecule has 0 aliphatic rings. The van der Waals surface area contributed by atoms with Crippen LogP contribution in [0.1, 0.15) is 16.7 Å². The first kappa shape index (κ1) is 35.1. The summed E-state index contributed by atoms with van der Waals surface area (Å²) in [6.07, 6.45) is -4.82. The minimum absolute atomic E-state index is 0.0210. The second kappa shape index (κ2) is 14.8. The first-order valence-electron chi connectivity index (χ1n) is 13.7. The normalized spacial score (nSPS) is 12.3. The molecule has 242 valence electrons. The molecule has 1 atom stereocenters. The van der Waals surface area contributed by atoms with Crippen molar-refractivity contribution in [1.29, 1.82) is 0 Å². The molecule has 4 rings (SSSR count). The number of hydrogen-bond acceptors (Lipinski definition) is 4. The van der Waals surface area contributed by atoms with Crippen molar-refractivity contribution in [1.82, 2.24) is 10.2 Å². The Morgan fingerprint density at radius 1 is 0.848 bits per heavy atom. The Bertz CT molecular complexity index is 1810. The highest BCUT2D eigenvalue weighted by Gasteiger charge is 2.37. The molecule has 0 aliphatic carbocycles. The molecule has 1 N–H and O–H groups in total. The number of nitrogens with one attached hydrogen (secondary N) is 1. The smallest absolute Gasteiger partial charge is 0.357 e. The molecule has 2 amide bonds. The highest BCUT2D eigenvalue weighted by molar-refractivity contribution is 7.92. The van der Waals surface area contributed by atoms with Gasteiger partial charge in [-0.3, -0.25) is 13.9 Å². The van der Waals surface area contributed by atoms with Gasteiger partial charge in [0.25, 0.3) is 10.0 Å². The van der Waals surface area contributed by atoms with Crippen LogP contribution in [0.2, 0.25) is 15.1 Å². The number of rotatable bonds is 11. The Balaban J connectivity index is 1.87. The Labute approximate surface area is 279 Å². The number of nitrogens with zero attached hydrogens (tertiary/aromatic N) is 2. The fraction of sp³-hybridized carbons (Fsp3) is 0.188. The second-order valence-corrected chi connectivity index (χ2v) is 13.2. The first-order valence-corrected chi connectivity index (χ1v) is 16.2. The van der Waals surface area contributed by atoms with E-state index in [1.54, 1.807) is 42.5 Å². The van der Waals surface area contributed by atoms with E-state index in [-0.39, 0.29) is 27.9 Å². The summed E-state index contributed by atoms with van der Waals surface area (Å²) >= 11 is 18.8. The maximum atomic E-state index is 14.3. The Morgan fingerprint density at radius 2 is 1.48 bits per heavy atom. The molecule has 0 saturated carbocycles. The number of benzene rings is 4. The van der Waals surface area contributed by atoms with Gasteiger partial charge in [0.15, 0.2) is 0 Å². The number of sulfonamides is 1. The van der Waals surface area contributed by atoms with E-state index < -0.39 is 51.9 Å². The number of hydrogen-bond donors (Lipinski definition) is 1. The third kappa shape index (κ3) is 8.33. The van der Waals surface area contributed by atoms with E-state index in [1.807, 2.05) is 0 Å². The zero-order chi connectivity index (χ0) is 33.6. The number of alkyl halides is 3. The van der Waals surface area contributed by atoms with E-state index in [4.69, 9.17) is 34.8 Å². The van der Waals surface area contributed by atoms with Crippen molar-refractivity contribution in [3.63, 3.8) is 0 Å². The van der Waals surface area contributed by atoms with Crippen molar-refractivity contribution in [2.24, 2.45) is 0 Å². The minimum atomic E-state index is -4.84. The highest BCUT2D eigenvalue weighted by atomic mass is 35.5. The van der Waals surface area contributed by atoms with Crippen molar-refractivity contribution in [2.75, 3.05) is 17.9 Å². The van der Waals surface area contributed by atoms with Gasteiger partial charge in [0.1, 0.15) is 12.6 Å². The van der Waals surface area contributed by atoms with Crippen LogP contribution < -0.4 is 9.62 Å². The third-order valence-corrected chi connectivity index (χ3v) is 9.71. The standard InChI is InChI=1S/C32H27Cl3F3N3O4S/c1-39-31(43)29(16-21-8-4-2-5-9-21)40(19-22-12-14-24(33)18-27(22)35)30(42)20-41(46(44,45)25-10-6-3-7-11-25)28-17-23(32(36,37)38)13-15-26(28)34/h2-15,17-18,29H,16,19-20H2,1H3,(H,39,43)/t29-/m0/s1. The summed E-state index contributed by atoms with van der Waals surface area (Å²) in [5, 5.41) is 2.69. The maximum Gasteiger partial charge on any atom is 0.416 e. The molecular weight excluding hydrogens is 686 g/mol. The fourth-order valence-electron chi connectivity index (χ4n) is 4.67. The van der Waals surface area contributed by atoms with E-state index in [0.717, 1.165) is 11.0 Å². The molecule has 46 heavy (non-hydrogen) atoms. The molecular formula is C32H27Cl3F3N3O4S. The van der Waals surface area contributed by atoms with Gasteiger partial charge in [0.05, 0.1) is 21.2 Å². The summed E-state index contributed by atoms with van der Waals surface area (Å²) in [6.45, 7) is -1.28. The molecule has 0 fully saturated rings. The van der Waals surface area contributed by atoms with E-state index in [1.165, 1.54) is 43.4 Å². The molecule has 0 bridgehead atoms. The highest BCUT2D eigenvalue weighted by Crippen LogP contribution is 2.37. The molecule has 0 heterocycles. The lowest BCUT2D eigenvalue weighted by molar-refractivity contribution is -0.139. The number of amides is 2. The maximum absolute atomic E-state index is 14.3. The summed E-state index contributed by atoms with van der Waals surface area (Å²) in [5.41, 5.74) is -0.677. The molecule has 14 heteroatoms. The van der Waals surface area contributed by atoms with Crippen LogP contribution in [0.5, 0.6) is 0 Å². The van der Waals surface area contributed by atoms with E-state index in [2.05, 4.69) is 5.32 Å². The number of halogens is 6. The molecule has 0 saturated heterocycles. The van der Waals surface area contributed by atoms with Gasteiger partial charge >= 0.3 is 6.18 Å². The van der Waals surface area contributed by atoms with Gasteiger partial charge in [0, 0.05) is 30.1 Å². The van der Waals surface area contributed by atoms with Crippen molar-refractivity contribution < 1.29 is 31.2 Å². The minimum Gasteiger partial charge on any atom is -0.357 e. The summed E-state index contributed by atoms with van der Waals surface area (Å²) in [7, 11) is -3.29. The van der Waals surface area contributed by atoms with E-state index in [0.29, 0.717) is 32.6 Å². The largest absolute Gasteiger partial charge is 0.416 e. The predicted octanol–water partition coefficient (Wildman–Crippen LogP) is 7.25. The Morgan fingerprint density at radius 3 is 2.07 bits per heavy atom. The molecule has 0 aromatic heterocycles.